The molecule has 0 atom stereocenters. The molecule has 0 aliphatic rings. The molecular weight excluding hydrogens is 266 g/mol. The maximum atomic E-state index is 5.25. The van der Waals surface area contributed by atoms with Crippen molar-refractivity contribution in [3.05, 3.63) is 60.4 Å². The van der Waals surface area contributed by atoms with Crippen LogP contribution in [0.4, 0.5) is 5.69 Å². The van der Waals surface area contributed by atoms with Crippen molar-refractivity contribution in [3.8, 4) is 17.2 Å². The molecule has 0 aliphatic heterocycles. The van der Waals surface area contributed by atoms with E-state index in [4.69, 9.17) is 9.26 Å². The van der Waals surface area contributed by atoms with Crippen LogP contribution in [0.3, 0.4) is 0 Å². The highest BCUT2D eigenvalue weighted by Crippen LogP contribution is 2.18. The van der Waals surface area contributed by atoms with Gasteiger partial charge in [0.05, 0.1) is 13.7 Å². The first kappa shape index (κ1) is 13.2. The molecule has 0 unspecified atom stereocenters. The van der Waals surface area contributed by atoms with E-state index in [1.54, 1.807) is 7.11 Å². The molecule has 1 heterocycles. The molecule has 0 radical (unpaired) electrons. The van der Waals surface area contributed by atoms with Gasteiger partial charge in [0.15, 0.2) is 5.82 Å². The van der Waals surface area contributed by atoms with Gasteiger partial charge in [0.1, 0.15) is 5.75 Å². The van der Waals surface area contributed by atoms with Gasteiger partial charge in [-0.15, -0.1) is 0 Å². The molecule has 1 N–H and O–H groups in total. The molecule has 0 amide bonds. The smallest absolute Gasteiger partial charge is 0.257 e. The zero-order chi connectivity index (χ0) is 14.5. The normalized spacial score (nSPS) is 10.3. The number of anilines is 1. The summed E-state index contributed by atoms with van der Waals surface area (Å²) in [7, 11) is 1.65. The molecule has 0 aliphatic carbocycles. The summed E-state index contributed by atoms with van der Waals surface area (Å²) < 4.78 is 10.4. The minimum absolute atomic E-state index is 0.503. The minimum atomic E-state index is 0.503. The standard InChI is InChI=1S/C16H15N3O2/c1-20-14-9-7-13(8-10-14)17-11-15-18-16(21-19-15)12-5-3-2-4-6-12/h2-10,17H,11H2,1H3. The Kier molecular flexibility index (Phi) is 3.82. The predicted octanol–water partition coefficient (Wildman–Crippen LogP) is 3.36. The van der Waals surface area contributed by atoms with E-state index >= 15 is 0 Å². The topological polar surface area (TPSA) is 60.2 Å². The van der Waals surface area contributed by atoms with Crippen molar-refractivity contribution in [2.24, 2.45) is 0 Å². The van der Waals surface area contributed by atoms with Crippen molar-refractivity contribution < 1.29 is 9.26 Å². The van der Waals surface area contributed by atoms with Crippen molar-refractivity contribution in [1.82, 2.24) is 10.1 Å². The Morgan fingerprint density at radius 2 is 1.81 bits per heavy atom. The first-order chi connectivity index (χ1) is 10.3. The van der Waals surface area contributed by atoms with E-state index in [0.29, 0.717) is 18.3 Å². The Morgan fingerprint density at radius 1 is 1.05 bits per heavy atom. The van der Waals surface area contributed by atoms with Crippen LogP contribution in [0.5, 0.6) is 5.75 Å². The SMILES string of the molecule is COc1ccc(NCc2noc(-c3ccccc3)n2)cc1. The number of benzene rings is 2. The lowest BCUT2D eigenvalue weighted by Crippen LogP contribution is -2.01. The summed E-state index contributed by atoms with van der Waals surface area (Å²) in [6.45, 7) is 0.503. The van der Waals surface area contributed by atoms with Crippen LogP contribution < -0.4 is 10.1 Å². The fourth-order valence-corrected chi connectivity index (χ4v) is 1.91. The first-order valence-corrected chi connectivity index (χ1v) is 6.61. The third kappa shape index (κ3) is 3.20. The minimum Gasteiger partial charge on any atom is -0.497 e. The van der Waals surface area contributed by atoms with E-state index < -0.39 is 0 Å². The molecule has 0 saturated heterocycles. The van der Waals surface area contributed by atoms with E-state index in [-0.39, 0.29) is 0 Å². The molecule has 21 heavy (non-hydrogen) atoms. The van der Waals surface area contributed by atoms with Crippen LogP contribution in [0.15, 0.2) is 59.1 Å². The number of methoxy groups -OCH3 is 1. The lowest BCUT2D eigenvalue weighted by molar-refractivity contribution is 0.415. The Morgan fingerprint density at radius 3 is 2.52 bits per heavy atom. The second kappa shape index (κ2) is 6.09. The molecule has 5 nitrogen and oxygen atoms in total. The fraction of sp³-hybridized carbons (Fsp3) is 0.125. The van der Waals surface area contributed by atoms with Gasteiger partial charge in [-0.25, -0.2) is 0 Å². The number of nitrogens with zero attached hydrogens (tertiary/aromatic N) is 2. The van der Waals surface area contributed by atoms with Crippen molar-refractivity contribution in [2.75, 3.05) is 12.4 Å². The number of hydrogen-bond acceptors (Lipinski definition) is 5. The van der Waals surface area contributed by atoms with Gasteiger partial charge in [0, 0.05) is 11.3 Å². The quantitative estimate of drug-likeness (QED) is 0.777. The largest absolute Gasteiger partial charge is 0.497 e. The third-order valence-corrected chi connectivity index (χ3v) is 3.03. The van der Waals surface area contributed by atoms with Crippen molar-refractivity contribution in [1.29, 1.82) is 0 Å². The maximum absolute atomic E-state index is 5.25. The molecule has 0 saturated carbocycles. The Bertz CT molecular complexity index is 693. The summed E-state index contributed by atoms with van der Waals surface area (Å²) in [5.74, 6) is 1.97. The number of nitrogens with one attached hydrogen (secondary N) is 1. The maximum Gasteiger partial charge on any atom is 0.257 e. The summed E-state index contributed by atoms with van der Waals surface area (Å²) >= 11 is 0. The van der Waals surface area contributed by atoms with Crippen molar-refractivity contribution in [2.45, 2.75) is 6.54 Å². The van der Waals surface area contributed by atoms with E-state index in [9.17, 15) is 0 Å². The summed E-state index contributed by atoms with van der Waals surface area (Å²) in [5, 5.41) is 7.20. The molecule has 5 heteroatoms. The molecular formula is C16H15N3O2. The van der Waals surface area contributed by atoms with E-state index in [0.717, 1.165) is 17.0 Å². The van der Waals surface area contributed by atoms with Gasteiger partial charge in [-0.2, -0.15) is 4.98 Å². The summed E-state index contributed by atoms with van der Waals surface area (Å²) in [5.41, 5.74) is 1.89. The van der Waals surface area contributed by atoms with E-state index in [1.807, 2.05) is 54.6 Å². The van der Waals surface area contributed by atoms with E-state index in [2.05, 4.69) is 15.5 Å². The van der Waals surface area contributed by atoms with Gasteiger partial charge in [-0.05, 0) is 36.4 Å². The number of ether oxygens (including phenoxy) is 1. The number of rotatable bonds is 5. The summed E-state index contributed by atoms with van der Waals surface area (Å²) in [6, 6.07) is 17.4. The van der Waals surface area contributed by atoms with Crippen LogP contribution in [0.1, 0.15) is 5.82 Å². The number of aromatic nitrogens is 2. The van der Waals surface area contributed by atoms with Crippen LogP contribution in [-0.2, 0) is 6.54 Å². The van der Waals surface area contributed by atoms with E-state index in [1.165, 1.54) is 0 Å². The highest BCUT2D eigenvalue weighted by Gasteiger charge is 2.07. The highest BCUT2D eigenvalue weighted by atomic mass is 16.5. The second-order valence-electron chi connectivity index (χ2n) is 4.46. The zero-order valence-electron chi connectivity index (χ0n) is 11.6. The summed E-state index contributed by atoms with van der Waals surface area (Å²) in [4.78, 5) is 4.36. The predicted molar refractivity (Wildman–Crippen MR) is 80.1 cm³/mol. The average Bonchev–Trinajstić information content (AvgIpc) is 3.03. The third-order valence-electron chi connectivity index (χ3n) is 3.03. The van der Waals surface area contributed by atoms with Crippen molar-refractivity contribution >= 4 is 5.69 Å². The van der Waals surface area contributed by atoms with Crippen molar-refractivity contribution in [3.63, 3.8) is 0 Å². The molecule has 0 fully saturated rings. The molecule has 3 rings (SSSR count). The van der Waals surface area contributed by atoms with Crippen LogP contribution in [-0.4, -0.2) is 17.3 Å². The molecule has 106 valence electrons. The number of hydrogen-bond donors (Lipinski definition) is 1. The Labute approximate surface area is 122 Å². The molecule has 2 aromatic carbocycles. The van der Waals surface area contributed by atoms with Crippen LogP contribution in [0.25, 0.3) is 11.5 Å². The van der Waals surface area contributed by atoms with Gasteiger partial charge in [-0.3, -0.25) is 0 Å². The Hall–Kier alpha value is -2.82. The Balaban J connectivity index is 1.64. The highest BCUT2D eigenvalue weighted by molar-refractivity contribution is 5.52. The monoisotopic (exact) mass is 281 g/mol. The average molecular weight is 281 g/mol. The summed E-state index contributed by atoms with van der Waals surface area (Å²) in [6.07, 6.45) is 0. The lowest BCUT2D eigenvalue weighted by atomic mass is 10.2. The van der Waals surface area contributed by atoms with Gasteiger partial charge < -0.3 is 14.6 Å². The van der Waals surface area contributed by atoms with Gasteiger partial charge in [-0.1, -0.05) is 23.4 Å². The molecule has 0 bridgehead atoms. The lowest BCUT2D eigenvalue weighted by Gasteiger charge is -2.04. The fourth-order valence-electron chi connectivity index (χ4n) is 1.91. The van der Waals surface area contributed by atoms with Crippen LogP contribution in [0, 0.1) is 0 Å². The molecule has 1 aromatic heterocycles. The van der Waals surface area contributed by atoms with Crippen LogP contribution >= 0.6 is 0 Å². The first-order valence-electron chi connectivity index (χ1n) is 6.61. The van der Waals surface area contributed by atoms with Gasteiger partial charge in [0.2, 0.25) is 0 Å². The van der Waals surface area contributed by atoms with Crippen LogP contribution in [0.2, 0.25) is 0 Å². The van der Waals surface area contributed by atoms with Gasteiger partial charge >= 0.3 is 0 Å². The second-order valence-corrected chi connectivity index (χ2v) is 4.46. The van der Waals surface area contributed by atoms with Gasteiger partial charge in [0.25, 0.3) is 5.89 Å². The zero-order valence-corrected chi connectivity index (χ0v) is 11.6. The molecule has 3 aromatic rings. The molecule has 0 spiro atoms.